The number of hydroxylamine groups is 1. The second kappa shape index (κ2) is 10.7. The molecule has 0 unspecified atom stereocenters. The van der Waals surface area contributed by atoms with Crippen LogP contribution in [0.5, 0.6) is 5.75 Å². The maximum Gasteiger partial charge on any atom is 0.285 e. The van der Waals surface area contributed by atoms with E-state index >= 15 is 0 Å². The molecule has 0 saturated heterocycles. The second-order valence-corrected chi connectivity index (χ2v) is 10.5. The molecule has 3 aromatic carbocycles. The van der Waals surface area contributed by atoms with E-state index in [2.05, 4.69) is 31.2 Å². The molecule has 3 aromatic rings. The lowest BCUT2D eigenvalue weighted by atomic mass is 9.87. The van der Waals surface area contributed by atoms with E-state index in [9.17, 15) is 8.42 Å². The molecule has 0 amide bonds. The molecular weight excluding hydrogens is 450 g/mol. The molecule has 8 heteroatoms. The highest BCUT2D eigenvalue weighted by atomic mass is 32.2. The predicted molar refractivity (Wildman–Crippen MR) is 137 cm³/mol. The van der Waals surface area contributed by atoms with Crippen LogP contribution in [0.1, 0.15) is 31.9 Å². The summed E-state index contributed by atoms with van der Waals surface area (Å²) in [5.74, 6) is 0.935. The Morgan fingerprint density at radius 3 is 2.12 bits per heavy atom. The van der Waals surface area contributed by atoms with Gasteiger partial charge in [-0.15, -0.1) is 4.28 Å². The van der Waals surface area contributed by atoms with Crippen LogP contribution in [0.3, 0.4) is 0 Å². The van der Waals surface area contributed by atoms with E-state index < -0.39 is 10.1 Å². The number of guanidine groups is 1. The van der Waals surface area contributed by atoms with Gasteiger partial charge in [-0.1, -0.05) is 63.2 Å². The van der Waals surface area contributed by atoms with Gasteiger partial charge in [0, 0.05) is 12.7 Å². The number of ether oxygens (including phenoxy) is 1. The van der Waals surface area contributed by atoms with Crippen LogP contribution in [0, 0.1) is 0 Å². The molecule has 0 fully saturated rings. The van der Waals surface area contributed by atoms with E-state index in [0.717, 1.165) is 23.3 Å². The maximum absolute atomic E-state index is 11.6. The molecule has 1 N–H and O–H groups in total. The summed E-state index contributed by atoms with van der Waals surface area (Å²) in [5, 5.41) is 0. The molecule has 0 saturated carbocycles. The van der Waals surface area contributed by atoms with Gasteiger partial charge in [-0.2, -0.15) is 8.42 Å². The van der Waals surface area contributed by atoms with Crippen molar-refractivity contribution in [2.75, 3.05) is 18.2 Å². The minimum atomic E-state index is -3.73. The van der Waals surface area contributed by atoms with Gasteiger partial charge < -0.3 is 9.64 Å². The average Bonchev–Trinajstić information content (AvgIpc) is 2.80. The first-order valence-corrected chi connectivity index (χ1v) is 12.7. The zero-order valence-corrected chi connectivity index (χ0v) is 21.0. The van der Waals surface area contributed by atoms with Crippen LogP contribution in [-0.2, 0) is 26.4 Å². The van der Waals surface area contributed by atoms with Crippen molar-refractivity contribution in [3.63, 3.8) is 0 Å². The fourth-order valence-electron chi connectivity index (χ4n) is 3.07. The van der Waals surface area contributed by atoms with E-state index in [1.807, 2.05) is 78.9 Å². The van der Waals surface area contributed by atoms with E-state index in [1.165, 1.54) is 5.56 Å². The van der Waals surface area contributed by atoms with Gasteiger partial charge in [0.2, 0.25) is 5.96 Å². The number of hydrogen-bond donors (Lipinski definition) is 1. The highest BCUT2D eigenvalue weighted by Crippen LogP contribution is 2.25. The number of anilines is 1. The van der Waals surface area contributed by atoms with Crippen LogP contribution in [0.25, 0.3) is 0 Å². The zero-order chi connectivity index (χ0) is 24.8. The fraction of sp³-hybridized carbons (Fsp3) is 0.269. The van der Waals surface area contributed by atoms with Crippen molar-refractivity contribution < 1.29 is 17.4 Å². The number of aliphatic imine (C=N–C) groups is 1. The van der Waals surface area contributed by atoms with Gasteiger partial charge in [0.05, 0.1) is 11.9 Å². The van der Waals surface area contributed by atoms with Crippen molar-refractivity contribution in [3.8, 4) is 5.75 Å². The third kappa shape index (κ3) is 7.60. The van der Waals surface area contributed by atoms with Gasteiger partial charge in [-0.05, 0) is 52.9 Å². The van der Waals surface area contributed by atoms with Crippen LogP contribution in [0.2, 0.25) is 0 Å². The van der Waals surface area contributed by atoms with Gasteiger partial charge in [-0.25, -0.2) is 10.5 Å². The molecule has 0 atom stereocenters. The average molecular weight is 482 g/mol. The topological polar surface area (TPSA) is 80.2 Å². The van der Waals surface area contributed by atoms with Gasteiger partial charge in [-0.3, -0.25) is 0 Å². The van der Waals surface area contributed by atoms with Crippen molar-refractivity contribution in [1.82, 2.24) is 5.48 Å². The van der Waals surface area contributed by atoms with Crippen molar-refractivity contribution in [3.05, 3.63) is 90.0 Å². The molecule has 0 aliphatic rings. The van der Waals surface area contributed by atoms with Crippen molar-refractivity contribution in [1.29, 1.82) is 0 Å². The normalized spacial score (nSPS) is 12.3. The van der Waals surface area contributed by atoms with Crippen LogP contribution >= 0.6 is 0 Å². The molecule has 180 valence electrons. The van der Waals surface area contributed by atoms with Crippen molar-refractivity contribution in [2.45, 2.75) is 32.8 Å². The second-order valence-electron chi connectivity index (χ2n) is 8.95. The van der Waals surface area contributed by atoms with Gasteiger partial charge in [0.15, 0.2) is 0 Å². The molecule has 0 radical (unpaired) electrons. The summed E-state index contributed by atoms with van der Waals surface area (Å²) in [6.45, 7) is 6.88. The van der Waals surface area contributed by atoms with Crippen LogP contribution in [-0.4, -0.2) is 27.7 Å². The first kappa shape index (κ1) is 25.3. The Labute approximate surface area is 202 Å². The van der Waals surface area contributed by atoms with Crippen molar-refractivity contribution >= 4 is 27.5 Å². The van der Waals surface area contributed by atoms with Gasteiger partial charge in [0.1, 0.15) is 12.4 Å². The highest BCUT2D eigenvalue weighted by molar-refractivity contribution is 7.85. The Kier molecular flexibility index (Phi) is 7.96. The number of nitrogens with zero attached hydrogens (tertiary/aromatic N) is 2. The van der Waals surface area contributed by atoms with Crippen LogP contribution in [0.4, 0.5) is 11.4 Å². The molecule has 3 rings (SSSR count). The number of benzene rings is 3. The number of rotatable bonds is 7. The molecule has 0 aliphatic carbocycles. The third-order valence-electron chi connectivity index (χ3n) is 5.04. The summed E-state index contributed by atoms with van der Waals surface area (Å²) < 4.78 is 33.8. The summed E-state index contributed by atoms with van der Waals surface area (Å²) in [6.07, 6.45) is 0.967. The highest BCUT2D eigenvalue weighted by Gasteiger charge is 2.15. The molecule has 0 aromatic heterocycles. The summed E-state index contributed by atoms with van der Waals surface area (Å²) in [4.78, 5) is 6.27. The Morgan fingerprint density at radius 1 is 0.941 bits per heavy atom. The molecule has 0 bridgehead atoms. The minimum absolute atomic E-state index is 0.0177. The fourth-order valence-corrected chi connectivity index (χ4v) is 3.29. The van der Waals surface area contributed by atoms with E-state index in [0.29, 0.717) is 12.3 Å². The quantitative estimate of drug-likeness (QED) is 0.285. The van der Waals surface area contributed by atoms with Crippen molar-refractivity contribution in [2.24, 2.45) is 4.99 Å². The van der Waals surface area contributed by atoms with E-state index in [1.54, 1.807) is 11.9 Å². The lowest BCUT2D eigenvalue weighted by Crippen LogP contribution is -2.39. The predicted octanol–water partition coefficient (Wildman–Crippen LogP) is 5.17. The largest absolute Gasteiger partial charge is 0.489 e. The maximum atomic E-state index is 11.6. The Balaban J connectivity index is 1.79. The minimum Gasteiger partial charge on any atom is -0.489 e. The number of hydrogen-bond acceptors (Lipinski definition) is 5. The smallest absolute Gasteiger partial charge is 0.285 e. The Hall–Kier alpha value is -3.36. The number of nitrogens with one attached hydrogen (secondary N) is 1. The van der Waals surface area contributed by atoms with Crippen LogP contribution < -0.4 is 15.1 Å². The van der Waals surface area contributed by atoms with Gasteiger partial charge >= 0.3 is 0 Å². The molecule has 34 heavy (non-hydrogen) atoms. The third-order valence-corrected chi connectivity index (χ3v) is 5.43. The molecule has 0 spiro atoms. The molecule has 0 aliphatic heterocycles. The summed E-state index contributed by atoms with van der Waals surface area (Å²) in [5.41, 5.74) is 6.16. The Bertz CT molecular complexity index is 1200. The standard InChI is InChI=1S/C26H31N3O4S/c1-26(2,3)21-11-13-22(14-12-21)27-25(28-33-34(5,30)31)29(4)23-15-17-24(18-16-23)32-19-20-9-7-6-8-10-20/h6-18H,19H2,1-5H3,(H,27,28). The first-order chi connectivity index (χ1) is 16.0. The lowest BCUT2D eigenvalue weighted by molar-refractivity contribution is 0.269. The molecule has 7 nitrogen and oxygen atoms in total. The Morgan fingerprint density at radius 2 is 1.56 bits per heavy atom. The summed E-state index contributed by atoms with van der Waals surface area (Å²) >= 11 is 0. The lowest BCUT2D eigenvalue weighted by Gasteiger charge is -2.22. The molecular formula is C26H31N3O4S. The first-order valence-electron chi connectivity index (χ1n) is 10.9. The van der Waals surface area contributed by atoms with E-state index in [4.69, 9.17) is 9.02 Å². The molecule has 0 heterocycles. The summed E-state index contributed by atoms with van der Waals surface area (Å²) in [7, 11) is -1.97. The van der Waals surface area contributed by atoms with Gasteiger partial charge in [0.25, 0.3) is 10.1 Å². The van der Waals surface area contributed by atoms with Crippen LogP contribution in [0.15, 0.2) is 83.9 Å². The zero-order valence-electron chi connectivity index (χ0n) is 20.1. The summed E-state index contributed by atoms with van der Waals surface area (Å²) in [6, 6.07) is 25.1. The van der Waals surface area contributed by atoms with E-state index in [-0.39, 0.29) is 11.4 Å². The monoisotopic (exact) mass is 481 g/mol. The SMILES string of the molecule is CN(C(=Nc1ccc(C(C)(C)C)cc1)NOS(C)(=O)=O)c1ccc(OCc2ccccc2)cc1.